The van der Waals surface area contributed by atoms with Crippen molar-refractivity contribution < 1.29 is 9.84 Å². The van der Waals surface area contributed by atoms with Gasteiger partial charge in [0.15, 0.2) is 11.7 Å². The third-order valence-electron chi connectivity index (χ3n) is 9.18. The molecule has 0 radical (unpaired) electrons. The van der Waals surface area contributed by atoms with E-state index >= 15 is 0 Å². The first-order chi connectivity index (χ1) is 23.7. The number of hydrogen-bond donors (Lipinski definition) is 1. The number of methoxy groups -OCH3 is 1. The van der Waals surface area contributed by atoms with Crippen molar-refractivity contribution >= 4 is 34.4 Å². The van der Waals surface area contributed by atoms with Crippen molar-refractivity contribution in [3.63, 3.8) is 0 Å². The molecule has 248 valence electrons. The first kappa shape index (κ1) is 32.1. The second-order valence-corrected chi connectivity index (χ2v) is 12.9. The van der Waals surface area contributed by atoms with Crippen LogP contribution in [0.3, 0.4) is 0 Å². The summed E-state index contributed by atoms with van der Waals surface area (Å²) in [6.07, 6.45) is -1.64. The van der Waals surface area contributed by atoms with Gasteiger partial charge in [0.25, 0.3) is 0 Å². The molecular weight excluding hydrogens is 608 g/mol. The number of aliphatic hydroxyl groups excluding tert-OH is 1. The summed E-state index contributed by atoms with van der Waals surface area (Å²) in [4.78, 5) is 4.03. The summed E-state index contributed by atoms with van der Waals surface area (Å²) in [5, 5.41) is 26.0. The molecule has 49 heavy (non-hydrogen) atoms. The zero-order valence-corrected chi connectivity index (χ0v) is 29.1. The molecular formula is C41H42N6O2. The Morgan fingerprint density at radius 1 is 0.510 bits per heavy atom. The SMILES string of the molecule is COC1N(c2cccc(N3N=C(c4c(C)cc(C)cc4C)N(c4ccccc4)C3O)c2)N=C(c2c(C)cc(C)cc2C)N1c1ccccc1. The molecule has 1 N–H and O–H groups in total. The molecule has 0 aliphatic carbocycles. The summed E-state index contributed by atoms with van der Waals surface area (Å²) in [7, 11) is 1.70. The molecule has 8 nitrogen and oxygen atoms in total. The van der Waals surface area contributed by atoms with Crippen LogP contribution in [0.15, 0.2) is 119 Å². The van der Waals surface area contributed by atoms with Gasteiger partial charge in [-0.2, -0.15) is 0 Å². The topological polar surface area (TPSA) is 67.1 Å². The Balaban J connectivity index is 1.34. The van der Waals surface area contributed by atoms with Crippen molar-refractivity contribution in [3.8, 4) is 0 Å². The molecule has 7 rings (SSSR count). The van der Waals surface area contributed by atoms with Crippen molar-refractivity contribution in [2.24, 2.45) is 10.2 Å². The minimum atomic E-state index is -1.08. The van der Waals surface area contributed by atoms with Crippen LogP contribution in [-0.4, -0.2) is 36.6 Å². The predicted molar refractivity (Wildman–Crippen MR) is 200 cm³/mol. The fourth-order valence-electron chi connectivity index (χ4n) is 7.28. The molecule has 2 unspecified atom stereocenters. The Kier molecular flexibility index (Phi) is 8.44. The maximum absolute atomic E-state index is 12.0. The summed E-state index contributed by atoms with van der Waals surface area (Å²) < 4.78 is 6.21. The summed E-state index contributed by atoms with van der Waals surface area (Å²) >= 11 is 0. The quantitative estimate of drug-likeness (QED) is 0.192. The molecule has 0 fully saturated rings. The molecule has 0 spiro atoms. The molecule has 0 bridgehead atoms. The van der Waals surface area contributed by atoms with Gasteiger partial charge in [-0.05, 0) is 106 Å². The van der Waals surface area contributed by atoms with Crippen LogP contribution in [0.2, 0.25) is 0 Å². The Morgan fingerprint density at radius 2 is 0.918 bits per heavy atom. The number of para-hydroxylation sites is 2. The average molecular weight is 651 g/mol. The highest BCUT2D eigenvalue weighted by Gasteiger charge is 2.40. The van der Waals surface area contributed by atoms with Crippen molar-refractivity contribution in [2.75, 3.05) is 26.9 Å². The first-order valence-corrected chi connectivity index (χ1v) is 16.6. The zero-order valence-electron chi connectivity index (χ0n) is 29.1. The molecule has 5 aromatic rings. The van der Waals surface area contributed by atoms with Gasteiger partial charge < -0.3 is 9.84 Å². The van der Waals surface area contributed by atoms with E-state index < -0.39 is 12.7 Å². The van der Waals surface area contributed by atoms with Gasteiger partial charge in [0.05, 0.1) is 11.4 Å². The van der Waals surface area contributed by atoms with E-state index in [1.165, 1.54) is 11.1 Å². The fourth-order valence-corrected chi connectivity index (χ4v) is 7.28. The fraction of sp³-hybridized carbons (Fsp3) is 0.220. The molecule has 0 saturated heterocycles. The molecule has 2 aliphatic rings. The van der Waals surface area contributed by atoms with Crippen molar-refractivity contribution in [3.05, 3.63) is 154 Å². The minimum Gasteiger partial charge on any atom is -0.355 e. The number of ether oxygens (including phenoxy) is 1. The molecule has 0 saturated carbocycles. The minimum absolute atomic E-state index is 0.561. The lowest BCUT2D eigenvalue weighted by Crippen LogP contribution is -2.44. The van der Waals surface area contributed by atoms with E-state index in [0.29, 0.717) is 5.84 Å². The third kappa shape index (κ3) is 5.73. The van der Waals surface area contributed by atoms with Crippen LogP contribution < -0.4 is 19.8 Å². The molecule has 2 heterocycles. The summed E-state index contributed by atoms with van der Waals surface area (Å²) in [6, 6.07) is 36.8. The Bertz CT molecular complexity index is 2030. The van der Waals surface area contributed by atoms with Gasteiger partial charge in [-0.25, -0.2) is 10.0 Å². The number of hydrazone groups is 2. The molecule has 0 amide bonds. The maximum atomic E-state index is 12.0. The van der Waals surface area contributed by atoms with Gasteiger partial charge >= 0.3 is 0 Å². The number of amidine groups is 2. The Hall–Kier alpha value is -5.44. The van der Waals surface area contributed by atoms with Gasteiger partial charge in [-0.3, -0.25) is 9.80 Å². The third-order valence-corrected chi connectivity index (χ3v) is 9.18. The summed E-state index contributed by atoms with van der Waals surface area (Å²) in [5.41, 5.74) is 12.3. The first-order valence-electron chi connectivity index (χ1n) is 16.6. The second-order valence-electron chi connectivity index (χ2n) is 12.9. The smallest absolute Gasteiger partial charge is 0.235 e. The monoisotopic (exact) mass is 650 g/mol. The van der Waals surface area contributed by atoms with E-state index in [2.05, 4.69) is 82.8 Å². The lowest BCUT2D eigenvalue weighted by Gasteiger charge is -2.31. The van der Waals surface area contributed by atoms with Crippen LogP contribution in [0.4, 0.5) is 22.7 Å². The van der Waals surface area contributed by atoms with Crippen LogP contribution in [-0.2, 0) is 4.74 Å². The van der Waals surface area contributed by atoms with E-state index in [1.54, 1.807) is 12.1 Å². The molecule has 8 heteroatoms. The Labute approximate surface area is 288 Å². The molecule has 0 aromatic heterocycles. The second kappa shape index (κ2) is 12.9. The normalized spacial score (nSPS) is 17.6. The number of nitrogens with zero attached hydrogens (tertiary/aromatic N) is 6. The van der Waals surface area contributed by atoms with E-state index in [1.807, 2.05) is 82.7 Å². The van der Waals surface area contributed by atoms with Gasteiger partial charge in [0.1, 0.15) is 0 Å². The number of hydrogen-bond acceptors (Lipinski definition) is 8. The van der Waals surface area contributed by atoms with Gasteiger partial charge in [0.2, 0.25) is 12.7 Å². The number of benzene rings is 5. The van der Waals surface area contributed by atoms with E-state index in [-0.39, 0.29) is 0 Å². The number of aliphatic hydroxyl groups is 1. The van der Waals surface area contributed by atoms with Crippen molar-refractivity contribution in [1.82, 2.24) is 0 Å². The van der Waals surface area contributed by atoms with Gasteiger partial charge in [-0.15, -0.1) is 10.2 Å². The highest BCUT2D eigenvalue weighted by atomic mass is 16.5. The van der Waals surface area contributed by atoms with Crippen LogP contribution in [0.25, 0.3) is 0 Å². The van der Waals surface area contributed by atoms with Crippen LogP contribution >= 0.6 is 0 Å². The van der Waals surface area contributed by atoms with Crippen LogP contribution in [0, 0.1) is 41.5 Å². The highest BCUT2D eigenvalue weighted by Crippen LogP contribution is 2.38. The van der Waals surface area contributed by atoms with Crippen LogP contribution in [0.5, 0.6) is 0 Å². The number of anilines is 4. The van der Waals surface area contributed by atoms with Crippen molar-refractivity contribution in [2.45, 2.75) is 54.2 Å². The number of aryl methyl sites for hydroxylation is 6. The van der Waals surface area contributed by atoms with E-state index in [9.17, 15) is 5.11 Å². The summed E-state index contributed by atoms with van der Waals surface area (Å²) in [6.45, 7) is 12.7. The van der Waals surface area contributed by atoms with Crippen molar-refractivity contribution in [1.29, 1.82) is 0 Å². The summed E-state index contributed by atoms with van der Waals surface area (Å²) in [5.74, 6) is 1.50. The van der Waals surface area contributed by atoms with Gasteiger partial charge in [-0.1, -0.05) is 77.9 Å². The maximum Gasteiger partial charge on any atom is 0.235 e. The van der Waals surface area contributed by atoms with Gasteiger partial charge in [0, 0.05) is 29.6 Å². The number of rotatable bonds is 7. The molecule has 2 aliphatic heterocycles. The molecule has 5 aromatic carbocycles. The zero-order chi connectivity index (χ0) is 34.4. The molecule has 2 atom stereocenters. The highest BCUT2D eigenvalue weighted by molar-refractivity contribution is 6.15. The predicted octanol–water partition coefficient (Wildman–Crippen LogP) is 8.12. The lowest BCUT2D eigenvalue weighted by atomic mass is 9.98. The van der Waals surface area contributed by atoms with E-state index in [0.717, 1.165) is 62.0 Å². The largest absolute Gasteiger partial charge is 0.355 e. The Morgan fingerprint density at radius 3 is 1.41 bits per heavy atom. The lowest BCUT2D eigenvalue weighted by molar-refractivity contribution is 0.114. The standard InChI is InChI=1S/C41H42N6O2/c1-26-21-28(3)36(29(4)22-26)38-42-46(40(48)44(38)32-15-10-8-11-16-32)34-19-14-20-35(25-34)47-41(49-7)45(33-17-12-9-13-18-33)39(43-47)37-30(5)23-27(2)24-31(37)6/h8-25,40-41,48H,1-7H3. The average Bonchev–Trinajstić information content (AvgIpc) is 3.62. The van der Waals surface area contributed by atoms with E-state index in [4.69, 9.17) is 14.9 Å². The van der Waals surface area contributed by atoms with Crippen LogP contribution in [0.1, 0.15) is 44.5 Å².